The van der Waals surface area contributed by atoms with Gasteiger partial charge in [0.2, 0.25) is 5.91 Å². The lowest BCUT2D eigenvalue weighted by molar-refractivity contribution is -0.121. The number of likely N-dealkylation sites (N-methyl/N-ethyl adjacent to an activating group) is 1. The van der Waals surface area contributed by atoms with Crippen LogP contribution < -0.4 is 5.32 Å². The maximum Gasteiger partial charge on any atom is 0.290 e. The molecule has 1 heterocycles. The van der Waals surface area contributed by atoms with Gasteiger partial charge in [-0.1, -0.05) is 18.2 Å². The third-order valence-electron chi connectivity index (χ3n) is 3.61. The van der Waals surface area contributed by atoms with E-state index < -0.39 is 0 Å². The minimum Gasteiger partial charge on any atom is -0.451 e. The largest absolute Gasteiger partial charge is 0.451 e. The molecule has 6 nitrogen and oxygen atoms in total. The molecule has 2 aromatic rings. The molecule has 0 saturated heterocycles. The van der Waals surface area contributed by atoms with Crippen LogP contribution in [0.15, 0.2) is 28.7 Å². The maximum absolute atomic E-state index is 12.5. The summed E-state index contributed by atoms with van der Waals surface area (Å²) in [7, 11) is 3.20. The van der Waals surface area contributed by atoms with E-state index in [0.29, 0.717) is 18.7 Å². The number of benzene rings is 1. The fourth-order valence-electron chi connectivity index (χ4n) is 2.34. The number of carbonyl (C=O) groups excluding carboxylic acids is 2. The van der Waals surface area contributed by atoms with Gasteiger partial charge in [0.1, 0.15) is 5.58 Å². The molecule has 1 aromatic heterocycles. The van der Waals surface area contributed by atoms with Gasteiger partial charge in [0.25, 0.3) is 5.91 Å². The standard InChI is InChI=1S/C17H22N2O4/c1-12-13-7-4-5-8-14(13)23-16(12)17(21)19(2)11-15(20)18-9-6-10-22-3/h4-5,7-8H,6,9-11H2,1-3H3,(H,18,20). The average Bonchev–Trinajstić information content (AvgIpc) is 2.88. The molecule has 0 aliphatic rings. The minimum atomic E-state index is -0.300. The molecule has 6 heteroatoms. The smallest absolute Gasteiger partial charge is 0.290 e. The van der Waals surface area contributed by atoms with Crippen molar-refractivity contribution < 1.29 is 18.7 Å². The van der Waals surface area contributed by atoms with Crippen molar-refractivity contribution in [3.63, 3.8) is 0 Å². The maximum atomic E-state index is 12.5. The van der Waals surface area contributed by atoms with Gasteiger partial charge in [-0.3, -0.25) is 9.59 Å². The first-order valence-electron chi connectivity index (χ1n) is 7.53. The van der Waals surface area contributed by atoms with Gasteiger partial charge in [0.05, 0.1) is 6.54 Å². The van der Waals surface area contributed by atoms with E-state index in [2.05, 4.69) is 5.32 Å². The number of ether oxygens (including phenoxy) is 1. The average molecular weight is 318 g/mol. The summed E-state index contributed by atoms with van der Waals surface area (Å²) in [6, 6.07) is 7.49. The number of aryl methyl sites for hydroxylation is 1. The summed E-state index contributed by atoms with van der Waals surface area (Å²) in [6.07, 6.45) is 0.739. The number of fused-ring (bicyclic) bond motifs is 1. The minimum absolute atomic E-state index is 0.0116. The number of methoxy groups -OCH3 is 1. The molecule has 0 saturated carbocycles. The van der Waals surface area contributed by atoms with E-state index in [4.69, 9.17) is 9.15 Å². The van der Waals surface area contributed by atoms with Gasteiger partial charge in [-0.15, -0.1) is 0 Å². The molecule has 0 aliphatic carbocycles. The van der Waals surface area contributed by atoms with Crippen molar-refractivity contribution in [1.82, 2.24) is 10.2 Å². The topological polar surface area (TPSA) is 71.8 Å². The summed E-state index contributed by atoms with van der Waals surface area (Å²) in [5.74, 6) is -0.225. The zero-order chi connectivity index (χ0) is 16.8. The van der Waals surface area contributed by atoms with Crippen LogP contribution in [-0.2, 0) is 9.53 Å². The number of hydrogen-bond donors (Lipinski definition) is 1. The third-order valence-corrected chi connectivity index (χ3v) is 3.61. The first-order valence-corrected chi connectivity index (χ1v) is 7.53. The van der Waals surface area contributed by atoms with Crippen molar-refractivity contribution >= 4 is 22.8 Å². The molecule has 0 radical (unpaired) electrons. The number of furan rings is 1. The summed E-state index contributed by atoms with van der Waals surface area (Å²) in [5.41, 5.74) is 1.46. The highest BCUT2D eigenvalue weighted by Crippen LogP contribution is 2.25. The van der Waals surface area contributed by atoms with E-state index in [-0.39, 0.29) is 24.1 Å². The van der Waals surface area contributed by atoms with E-state index in [1.165, 1.54) is 4.90 Å². The molecule has 0 spiro atoms. The second-order valence-corrected chi connectivity index (χ2v) is 5.41. The molecule has 1 aromatic carbocycles. The summed E-state index contributed by atoms with van der Waals surface area (Å²) < 4.78 is 10.6. The van der Waals surface area contributed by atoms with E-state index in [1.54, 1.807) is 14.2 Å². The van der Waals surface area contributed by atoms with Crippen LogP contribution in [0.4, 0.5) is 0 Å². The molecule has 1 N–H and O–H groups in total. The fourth-order valence-corrected chi connectivity index (χ4v) is 2.34. The van der Waals surface area contributed by atoms with Crippen LogP contribution in [0.1, 0.15) is 22.5 Å². The molecule has 0 bridgehead atoms. The second kappa shape index (κ2) is 7.78. The summed E-state index contributed by atoms with van der Waals surface area (Å²) in [4.78, 5) is 25.7. The molecule has 23 heavy (non-hydrogen) atoms. The Bertz CT molecular complexity index is 693. The van der Waals surface area contributed by atoms with Gasteiger partial charge in [-0.25, -0.2) is 0 Å². The summed E-state index contributed by atoms with van der Waals surface area (Å²) in [6.45, 7) is 2.95. The molecule has 0 fully saturated rings. The Morgan fingerprint density at radius 2 is 2.04 bits per heavy atom. The number of para-hydroxylation sites is 1. The SMILES string of the molecule is COCCCNC(=O)CN(C)C(=O)c1oc2ccccc2c1C. The summed E-state index contributed by atoms with van der Waals surface area (Å²) >= 11 is 0. The van der Waals surface area contributed by atoms with Gasteiger partial charge in [-0.05, 0) is 19.4 Å². The van der Waals surface area contributed by atoms with Gasteiger partial charge in [0, 0.05) is 38.3 Å². The van der Waals surface area contributed by atoms with Crippen LogP contribution in [0.3, 0.4) is 0 Å². The highest BCUT2D eigenvalue weighted by atomic mass is 16.5. The van der Waals surface area contributed by atoms with Crippen molar-refractivity contribution in [2.24, 2.45) is 0 Å². The van der Waals surface area contributed by atoms with Crippen LogP contribution in [-0.4, -0.2) is 50.6 Å². The zero-order valence-electron chi connectivity index (χ0n) is 13.7. The van der Waals surface area contributed by atoms with Crippen molar-refractivity contribution in [3.8, 4) is 0 Å². The lowest BCUT2D eigenvalue weighted by Gasteiger charge is -2.15. The van der Waals surface area contributed by atoms with Gasteiger partial charge < -0.3 is 19.4 Å². The predicted molar refractivity (Wildman–Crippen MR) is 87.4 cm³/mol. The van der Waals surface area contributed by atoms with Crippen molar-refractivity contribution in [2.75, 3.05) is 33.9 Å². The summed E-state index contributed by atoms with van der Waals surface area (Å²) in [5, 5.41) is 3.66. The normalized spacial score (nSPS) is 10.7. The molecule has 0 aliphatic heterocycles. The highest BCUT2D eigenvalue weighted by Gasteiger charge is 2.22. The van der Waals surface area contributed by atoms with Crippen LogP contribution in [0.2, 0.25) is 0 Å². The van der Waals surface area contributed by atoms with Crippen molar-refractivity contribution in [2.45, 2.75) is 13.3 Å². The molecular formula is C17H22N2O4. The number of hydrogen-bond acceptors (Lipinski definition) is 4. The lowest BCUT2D eigenvalue weighted by Crippen LogP contribution is -2.38. The van der Waals surface area contributed by atoms with Gasteiger partial charge >= 0.3 is 0 Å². The van der Waals surface area contributed by atoms with Crippen LogP contribution in [0.5, 0.6) is 0 Å². The Labute approximate surface area is 135 Å². The monoisotopic (exact) mass is 318 g/mol. The van der Waals surface area contributed by atoms with Crippen molar-refractivity contribution in [1.29, 1.82) is 0 Å². The van der Waals surface area contributed by atoms with Crippen LogP contribution in [0, 0.1) is 6.92 Å². The molecule has 124 valence electrons. The molecular weight excluding hydrogens is 296 g/mol. The van der Waals surface area contributed by atoms with Crippen LogP contribution >= 0.6 is 0 Å². The molecule has 0 atom stereocenters. The Balaban J connectivity index is 1.98. The number of rotatable bonds is 7. The number of nitrogens with one attached hydrogen (secondary N) is 1. The lowest BCUT2D eigenvalue weighted by atomic mass is 10.1. The van der Waals surface area contributed by atoms with E-state index in [1.807, 2.05) is 31.2 Å². The van der Waals surface area contributed by atoms with Crippen LogP contribution in [0.25, 0.3) is 11.0 Å². The van der Waals surface area contributed by atoms with Gasteiger partial charge in [-0.2, -0.15) is 0 Å². The molecule has 2 amide bonds. The van der Waals surface area contributed by atoms with E-state index in [9.17, 15) is 9.59 Å². The Morgan fingerprint density at radius 1 is 1.30 bits per heavy atom. The first kappa shape index (κ1) is 17.0. The Morgan fingerprint density at radius 3 is 2.74 bits per heavy atom. The van der Waals surface area contributed by atoms with E-state index in [0.717, 1.165) is 17.4 Å². The Kier molecular flexibility index (Phi) is 5.76. The number of carbonyl (C=O) groups is 2. The van der Waals surface area contributed by atoms with Crippen molar-refractivity contribution in [3.05, 3.63) is 35.6 Å². The number of nitrogens with zero attached hydrogens (tertiary/aromatic N) is 1. The number of amides is 2. The first-order chi connectivity index (χ1) is 11.0. The quantitative estimate of drug-likeness (QED) is 0.792. The molecule has 2 rings (SSSR count). The second-order valence-electron chi connectivity index (χ2n) is 5.41. The fraction of sp³-hybridized carbons (Fsp3) is 0.412. The third kappa shape index (κ3) is 4.10. The molecule has 0 unspecified atom stereocenters. The van der Waals surface area contributed by atoms with E-state index >= 15 is 0 Å². The zero-order valence-corrected chi connectivity index (χ0v) is 13.7. The highest BCUT2D eigenvalue weighted by molar-refractivity contribution is 6.00. The Hall–Kier alpha value is -2.34. The predicted octanol–water partition coefficient (Wildman–Crippen LogP) is 1.97. The van der Waals surface area contributed by atoms with Gasteiger partial charge in [0.15, 0.2) is 5.76 Å².